The van der Waals surface area contributed by atoms with Gasteiger partial charge >= 0.3 is 0 Å². The largest absolute Gasteiger partial charge is 0.494 e. The van der Waals surface area contributed by atoms with Crippen molar-refractivity contribution in [2.24, 2.45) is 0 Å². The van der Waals surface area contributed by atoms with Gasteiger partial charge in [0.05, 0.1) is 28.2 Å². The van der Waals surface area contributed by atoms with E-state index in [1.807, 2.05) is 61.5 Å². The normalized spacial score (nSPS) is 11.0. The van der Waals surface area contributed by atoms with Crippen LogP contribution in [0.1, 0.15) is 13.3 Å². The molecule has 2 heterocycles. The Hall–Kier alpha value is -3.62. The number of thiazole rings is 1. The summed E-state index contributed by atoms with van der Waals surface area (Å²) < 4.78 is 6.53. The molecule has 2 N–H and O–H groups in total. The van der Waals surface area contributed by atoms with Gasteiger partial charge in [-0.2, -0.15) is 0 Å². The molecule has 0 bridgehead atoms. The Balaban J connectivity index is 1.24. The van der Waals surface area contributed by atoms with E-state index in [2.05, 4.69) is 39.6 Å². The molecule has 35 heavy (non-hydrogen) atoms. The number of H-pyrrole nitrogens is 1. The Morgan fingerprint density at radius 1 is 1.00 bits per heavy atom. The maximum absolute atomic E-state index is 12.6. The monoisotopic (exact) mass is 500 g/mol. The highest BCUT2D eigenvalue weighted by atomic mass is 32.2. The van der Waals surface area contributed by atoms with Gasteiger partial charge in [0.25, 0.3) is 0 Å². The molecule has 5 rings (SSSR count). The lowest BCUT2D eigenvalue weighted by Crippen LogP contribution is -2.11. The van der Waals surface area contributed by atoms with E-state index in [0.29, 0.717) is 23.9 Å². The fourth-order valence-electron chi connectivity index (χ4n) is 3.68. The highest BCUT2D eigenvalue weighted by molar-refractivity contribution is 7.99. The summed E-state index contributed by atoms with van der Waals surface area (Å²) in [7, 11) is 0. The molecule has 0 saturated heterocycles. The van der Waals surface area contributed by atoms with Gasteiger partial charge in [0.15, 0.2) is 10.3 Å². The predicted octanol–water partition coefficient (Wildman–Crippen LogP) is 6.87. The molecule has 0 fully saturated rings. The summed E-state index contributed by atoms with van der Waals surface area (Å²) in [6.07, 6.45) is 0.354. The number of imidazole rings is 1. The molecule has 0 aliphatic rings. The van der Waals surface area contributed by atoms with E-state index in [4.69, 9.17) is 9.72 Å². The lowest BCUT2D eigenvalue weighted by atomic mass is 10.1. The average molecular weight is 501 g/mol. The highest BCUT2D eigenvalue weighted by Gasteiger charge is 2.15. The van der Waals surface area contributed by atoms with E-state index in [-0.39, 0.29) is 5.91 Å². The van der Waals surface area contributed by atoms with Crippen molar-refractivity contribution < 1.29 is 9.53 Å². The average Bonchev–Trinajstić information content (AvgIpc) is 3.49. The third-order valence-corrected chi connectivity index (χ3v) is 7.09. The first kappa shape index (κ1) is 23.1. The fourth-order valence-corrected chi connectivity index (χ4v) is 5.40. The van der Waals surface area contributed by atoms with E-state index >= 15 is 0 Å². The molecule has 0 saturated carbocycles. The zero-order valence-electron chi connectivity index (χ0n) is 19.2. The number of anilines is 1. The van der Waals surface area contributed by atoms with E-state index in [0.717, 1.165) is 43.6 Å². The zero-order chi connectivity index (χ0) is 24.0. The Morgan fingerprint density at radius 3 is 2.49 bits per heavy atom. The van der Waals surface area contributed by atoms with Gasteiger partial charge in [-0.1, -0.05) is 83.8 Å². The molecule has 0 unspecified atom stereocenters. The van der Waals surface area contributed by atoms with Crippen molar-refractivity contribution in [1.82, 2.24) is 15.0 Å². The van der Waals surface area contributed by atoms with Crippen molar-refractivity contribution in [3.63, 3.8) is 0 Å². The molecule has 1 amide bonds. The van der Waals surface area contributed by atoms with Crippen LogP contribution in [-0.2, 0) is 4.79 Å². The van der Waals surface area contributed by atoms with E-state index in [1.54, 1.807) is 0 Å². The standard InChI is InChI=1S/C27H24N4O2S2/c1-2-33-20-13-14-21-22(17-20)35-27(28-21)29-23(32)15-16-34-26-30-24(18-9-5-3-6-10-18)25(31-26)19-11-7-4-8-12-19/h3-14,17H,2,15-16H2,1H3,(H,30,31)(H,28,29,32). The van der Waals surface area contributed by atoms with Gasteiger partial charge in [-0.15, -0.1) is 0 Å². The molecule has 3 aromatic carbocycles. The molecule has 5 aromatic rings. The Labute approximate surface area is 211 Å². The number of aromatic amines is 1. The first-order chi connectivity index (χ1) is 17.2. The molecular weight excluding hydrogens is 476 g/mol. The predicted molar refractivity (Wildman–Crippen MR) is 144 cm³/mol. The van der Waals surface area contributed by atoms with Gasteiger partial charge in [-0.3, -0.25) is 4.79 Å². The number of carbonyl (C=O) groups excluding carboxylic acids is 1. The lowest BCUT2D eigenvalue weighted by Gasteiger charge is -2.02. The highest BCUT2D eigenvalue weighted by Crippen LogP contribution is 2.33. The van der Waals surface area contributed by atoms with Crippen LogP contribution in [0.3, 0.4) is 0 Å². The molecule has 0 radical (unpaired) electrons. The van der Waals surface area contributed by atoms with Crippen molar-refractivity contribution >= 4 is 44.4 Å². The van der Waals surface area contributed by atoms with Gasteiger partial charge in [-0.25, -0.2) is 9.97 Å². The van der Waals surface area contributed by atoms with Crippen molar-refractivity contribution in [1.29, 1.82) is 0 Å². The van der Waals surface area contributed by atoms with Crippen LogP contribution in [0.25, 0.3) is 32.7 Å². The number of aromatic nitrogens is 3. The van der Waals surface area contributed by atoms with Crippen molar-refractivity contribution in [3.8, 4) is 28.3 Å². The van der Waals surface area contributed by atoms with Crippen LogP contribution in [-0.4, -0.2) is 33.2 Å². The topological polar surface area (TPSA) is 79.9 Å². The number of carbonyl (C=O) groups is 1. The second-order valence-corrected chi connectivity index (χ2v) is 9.84. The van der Waals surface area contributed by atoms with Crippen molar-refractivity contribution in [2.75, 3.05) is 17.7 Å². The summed E-state index contributed by atoms with van der Waals surface area (Å²) in [4.78, 5) is 25.4. The van der Waals surface area contributed by atoms with E-state index in [1.165, 1.54) is 23.1 Å². The molecule has 8 heteroatoms. The lowest BCUT2D eigenvalue weighted by molar-refractivity contribution is -0.115. The molecule has 0 atom stereocenters. The molecule has 0 aliphatic carbocycles. The quantitative estimate of drug-likeness (QED) is 0.216. The van der Waals surface area contributed by atoms with Crippen LogP contribution in [0, 0.1) is 0 Å². The van der Waals surface area contributed by atoms with Crippen LogP contribution < -0.4 is 10.1 Å². The van der Waals surface area contributed by atoms with E-state index < -0.39 is 0 Å². The molecule has 176 valence electrons. The molecule has 0 spiro atoms. The van der Waals surface area contributed by atoms with Crippen LogP contribution in [0.2, 0.25) is 0 Å². The maximum atomic E-state index is 12.6. The Kier molecular flexibility index (Phi) is 7.11. The third kappa shape index (κ3) is 5.55. The minimum absolute atomic E-state index is 0.0697. The maximum Gasteiger partial charge on any atom is 0.226 e. The zero-order valence-corrected chi connectivity index (χ0v) is 20.8. The third-order valence-electron chi connectivity index (χ3n) is 5.28. The van der Waals surface area contributed by atoms with Crippen molar-refractivity contribution in [2.45, 2.75) is 18.5 Å². The van der Waals surface area contributed by atoms with Crippen LogP contribution in [0.15, 0.2) is 84.0 Å². The number of hydrogen-bond acceptors (Lipinski definition) is 6. The van der Waals surface area contributed by atoms with Crippen LogP contribution >= 0.6 is 23.1 Å². The van der Waals surface area contributed by atoms with Gasteiger partial charge in [-0.05, 0) is 25.1 Å². The van der Waals surface area contributed by atoms with Gasteiger partial charge < -0.3 is 15.0 Å². The molecular formula is C27H24N4O2S2. The summed E-state index contributed by atoms with van der Waals surface area (Å²) in [5, 5.41) is 4.31. The second kappa shape index (κ2) is 10.8. The number of hydrogen-bond donors (Lipinski definition) is 2. The molecule has 2 aromatic heterocycles. The number of nitrogens with zero attached hydrogens (tertiary/aromatic N) is 2. The molecule has 0 aliphatic heterocycles. The number of benzene rings is 3. The van der Waals surface area contributed by atoms with Gasteiger partial charge in [0.1, 0.15) is 5.75 Å². The number of thioether (sulfide) groups is 1. The van der Waals surface area contributed by atoms with E-state index in [9.17, 15) is 4.79 Å². The smallest absolute Gasteiger partial charge is 0.226 e. The number of fused-ring (bicyclic) bond motifs is 1. The first-order valence-electron chi connectivity index (χ1n) is 11.4. The summed E-state index contributed by atoms with van der Waals surface area (Å²) in [6, 6.07) is 26.0. The summed E-state index contributed by atoms with van der Waals surface area (Å²) in [5.74, 6) is 1.34. The second-order valence-electron chi connectivity index (χ2n) is 7.73. The SMILES string of the molecule is CCOc1ccc2nc(NC(=O)CCSc3nc(-c4ccccc4)c(-c4ccccc4)[nH]3)sc2c1. The number of nitrogens with one attached hydrogen (secondary N) is 2. The van der Waals surface area contributed by atoms with Crippen LogP contribution in [0.4, 0.5) is 5.13 Å². The Bertz CT molecular complexity index is 1370. The fraction of sp³-hybridized carbons (Fsp3) is 0.148. The summed E-state index contributed by atoms with van der Waals surface area (Å²) >= 11 is 2.98. The number of rotatable bonds is 9. The minimum Gasteiger partial charge on any atom is -0.494 e. The number of amides is 1. The first-order valence-corrected chi connectivity index (χ1v) is 13.2. The Morgan fingerprint density at radius 2 is 1.74 bits per heavy atom. The molecule has 6 nitrogen and oxygen atoms in total. The van der Waals surface area contributed by atoms with Gasteiger partial charge in [0.2, 0.25) is 5.91 Å². The summed E-state index contributed by atoms with van der Waals surface area (Å²) in [6.45, 7) is 2.56. The van der Waals surface area contributed by atoms with Crippen molar-refractivity contribution in [3.05, 3.63) is 78.9 Å². The number of ether oxygens (including phenoxy) is 1. The minimum atomic E-state index is -0.0697. The summed E-state index contributed by atoms with van der Waals surface area (Å²) in [5.41, 5.74) is 4.86. The van der Waals surface area contributed by atoms with Gasteiger partial charge in [0, 0.05) is 23.3 Å². The van der Waals surface area contributed by atoms with Crippen LogP contribution in [0.5, 0.6) is 5.75 Å².